The van der Waals surface area contributed by atoms with Gasteiger partial charge in [-0.05, 0) is 25.0 Å². The van der Waals surface area contributed by atoms with E-state index in [1.807, 2.05) is 18.8 Å². The second-order valence-corrected chi connectivity index (χ2v) is 7.97. The summed E-state index contributed by atoms with van der Waals surface area (Å²) in [7, 11) is 0. The molecule has 0 saturated heterocycles. The van der Waals surface area contributed by atoms with Crippen LogP contribution in [-0.4, -0.2) is 44.5 Å². The minimum atomic E-state index is -0.921. The molecule has 0 atom stereocenters. The van der Waals surface area contributed by atoms with Crippen molar-refractivity contribution in [3.8, 4) is 29.3 Å². The fourth-order valence-corrected chi connectivity index (χ4v) is 3.32. The standard InChI is InChI=1S/C21H18Cl2N6O7/c1-4-33-21(32)35-9-34-19-12(10(2)3)7-16(26-27-19)36-17-13(22)5-11(6-14(17)23)29-20(31)25-18(30)15(8-24)28-29/h5-7,10H,4,9H2,1-3H3,(H,25,30,31). The van der Waals surface area contributed by atoms with Crippen molar-refractivity contribution in [3.05, 3.63) is 60.3 Å². The lowest BCUT2D eigenvalue weighted by atomic mass is 10.1. The highest BCUT2D eigenvalue weighted by Gasteiger charge is 2.18. The van der Waals surface area contributed by atoms with Crippen LogP contribution in [0.15, 0.2) is 27.8 Å². The maximum atomic E-state index is 12.1. The molecule has 0 aliphatic heterocycles. The van der Waals surface area contributed by atoms with Gasteiger partial charge in [-0.1, -0.05) is 37.0 Å². The van der Waals surface area contributed by atoms with E-state index in [9.17, 15) is 14.4 Å². The predicted octanol–water partition coefficient (Wildman–Crippen LogP) is 3.31. The maximum Gasteiger partial charge on any atom is 0.511 e. The number of halogens is 2. The van der Waals surface area contributed by atoms with E-state index in [0.29, 0.717) is 5.56 Å². The van der Waals surface area contributed by atoms with Gasteiger partial charge in [0.05, 0.1) is 22.3 Å². The number of carbonyl (C=O) groups is 1. The first-order chi connectivity index (χ1) is 17.1. The van der Waals surface area contributed by atoms with E-state index in [2.05, 4.69) is 20.0 Å². The summed E-state index contributed by atoms with van der Waals surface area (Å²) < 4.78 is 21.3. The van der Waals surface area contributed by atoms with Crippen LogP contribution in [0.25, 0.3) is 5.69 Å². The number of rotatable bonds is 8. The van der Waals surface area contributed by atoms with Gasteiger partial charge in [0.1, 0.15) is 6.07 Å². The van der Waals surface area contributed by atoms with Crippen LogP contribution in [0.3, 0.4) is 0 Å². The van der Waals surface area contributed by atoms with Crippen LogP contribution in [0.5, 0.6) is 17.5 Å². The molecule has 0 amide bonds. The summed E-state index contributed by atoms with van der Waals surface area (Å²) in [6.07, 6.45) is -0.882. The summed E-state index contributed by atoms with van der Waals surface area (Å²) in [6.45, 7) is 5.11. The molecule has 2 aromatic heterocycles. The molecule has 0 unspecified atom stereocenters. The second-order valence-electron chi connectivity index (χ2n) is 7.16. The second kappa shape index (κ2) is 11.5. The van der Waals surface area contributed by atoms with Gasteiger partial charge in [0.15, 0.2) is 5.75 Å². The van der Waals surface area contributed by atoms with Crippen LogP contribution in [0, 0.1) is 11.3 Å². The molecule has 1 N–H and O–H groups in total. The van der Waals surface area contributed by atoms with Gasteiger partial charge in [0, 0.05) is 11.6 Å². The lowest BCUT2D eigenvalue weighted by Gasteiger charge is -2.15. The van der Waals surface area contributed by atoms with Gasteiger partial charge in [-0.2, -0.15) is 9.94 Å². The van der Waals surface area contributed by atoms with E-state index in [-0.39, 0.29) is 45.8 Å². The van der Waals surface area contributed by atoms with Crippen molar-refractivity contribution < 1.29 is 23.7 Å². The largest absolute Gasteiger partial charge is 0.511 e. The molecule has 13 nitrogen and oxygen atoms in total. The molecular weight excluding hydrogens is 519 g/mol. The van der Waals surface area contributed by atoms with Gasteiger partial charge >= 0.3 is 11.8 Å². The molecule has 0 radical (unpaired) electrons. The Morgan fingerprint density at radius 3 is 2.47 bits per heavy atom. The van der Waals surface area contributed by atoms with Crippen LogP contribution in [0.4, 0.5) is 4.79 Å². The zero-order chi connectivity index (χ0) is 26.4. The van der Waals surface area contributed by atoms with Crippen molar-refractivity contribution in [1.82, 2.24) is 25.0 Å². The van der Waals surface area contributed by atoms with E-state index < -0.39 is 29.9 Å². The first-order valence-corrected chi connectivity index (χ1v) is 11.0. The molecule has 0 aliphatic rings. The number of aromatic nitrogens is 5. The molecule has 0 bridgehead atoms. The number of H-pyrrole nitrogens is 1. The Morgan fingerprint density at radius 2 is 1.86 bits per heavy atom. The van der Waals surface area contributed by atoms with E-state index in [1.54, 1.807) is 19.1 Å². The fraction of sp³-hybridized carbons (Fsp3) is 0.286. The highest BCUT2D eigenvalue weighted by Crippen LogP contribution is 2.38. The van der Waals surface area contributed by atoms with Gasteiger partial charge in [-0.3, -0.25) is 9.78 Å². The van der Waals surface area contributed by atoms with Crippen LogP contribution in [-0.2, 0) is 9.47 Å². The first-order valence-electron chi connectivity index (χ1n) is 10.3. The monoisotopic (exact) mass is 536 g/mol. The van der Waals surface area contributed by atoms with E-state index in [4.69, 9.17) is 42.7 Å². The number of nitrogens with one attached hydrogen (secondary N) is 1. The van der Waals surface area contributed by atoms with Crippen molar-refractivity contribution in [2.75, 3.05) is 13.4 Å². The summed E-state index contributed by atoms with van der Waals surface area (Å²) in [4.78, 5) is 37.0. The Kier molecular flexibility index (Phi) is 8.46. The number of hydrogen-bond donors (Lipinski definition) is 1. The number of nitriles is 1. The van der Waals surface area contributed by atoms with Crippen LogP contribution >= 0.6 is 23.2 Å². The summed E-state index contributed by atoms with van der Waals surface area (Å²) in [6, 6.07) is 5.74. The quantitative estimate of drug-likeness (QED) is 0.330. The highest BCUT2D eigenvalue weighted by atomic mass is 35.5. The molecule has 0 fully saturated rings. The number of benzene rings is 1. The average molecular weight is 537 g/mol. The SMILES string of the molecule is CCOC(=O)OCOc1nnc(Oc2c(Cl)cc(-n3nc(C#N)c(=O)[nH]c3=O)cc2Cl)cc1C(C)C. The third-order valence-electron chi connectivity index (χ3n) is 4.39. The van der Waals surface area contributed by atoms with E-state index >= 15 is 0 Å². The molecule has 0 aliphatic carbocycles. The summed E-state index contributed by atoms with van der Waals surface area (Å²) in [5.41, 5.74) is -1.67. The third kappa shape index (κ3) is 6.09. The lowest BCUT2D eigenvalue weighted by Crippen LogP contribution is -2.33. The number of hydrogen-bond acceptors (Lipinski definition) is 11. The molecule has 188 valence electrons. The molecule has 3 aromatic rings. The summed E-state index contributed by atoms with van der Waals surface area (Å²) >= 11 is 12.7. The molecular formula is C21H18Cl2N6O7. The van der Waals surface area contributed by atoms with Gasteiger partial charge < -0.3 is 18.9 Å². The Morgan fingerprint density at radius 1 is 1.17 bits per heavy atom. The van der Waals surface area contributed by atoms with Crippen molar-refractivity contribution in [3.63, 3.8) is 0 Å². The minimum Gasteiger partial charge on any atom is -0.438 e. The van der Waals surface area contributed by atoms with Crippen molar-refractivity contribution >= 4 is 29.4 Å². The van der Waals surface area contributed by atoms with Gasteiger partial charge in [0.2, 0.25) is 24.2 Å². The highest BCUT2D eigenvalue weighted by molar-refractivity contribution is 6.37. The van der Waals surface area contributed by atoms with Crippen molar-refractivity contribution in [2.45, 2.75) is 26.7 Å². The molecule has 0 spiro atoms. The Bertz CT molecular complexity index is 1420. The molecule has 1 aromatic carbocycles. The smallest absolute Gasteiger partial charge is 0.438 e. The molecule has 3 rings (SSSR count). The number of carbonyl (C=O) groups excluding carboxylic acids is 1. The molecule has 2 heterocycles. The van der Waals surface area contributed by atoms with Gasteiger partial charge in [-0.25, -0.2) is 9.59 Å². The van der Waals surface area contributed by atoms with Crippen LogP contribution in [0.1, 0.15) is 37.9 Å². The summed E-state index contributed by atoms with van der Waals surface area (Å²) in [5.74, 6) is 0.0654. The normalized spacial score (nSPS) is 10.6. The lowest BCUT2D eigenvalue weighted by molar-refractivity contribution is 0.00447. The Labute approximate surface area is 213 Å². The van der Waals surface area contributed by atoms with Crippen LogP contribution in [0.2, 0.25) is 10.0 Å². The maximum absolute atomic E-state index is 12.1. The van der Waals surface area contributed by atoms with Crippen LogP contribution < -0.4 is 20.7 Å². The van der Waals surface area contributed by atoms with E-state index in [0.717, 1.165) is 4.68 Å². The van der Waals surface area contributed by atoms with Gasteiger partial charge in [-0.15, -0.1) is 15.3 Å². The van der Waals surface area contributed by atoms with Crippen molar-refractivity contribution in [2.24, 2.45) is 0 Å². The molecule has 0 saturated carbocycles. The third-order valence-corrected chi connectivity index (χ3v) is 4.95. The minimum absolute atomic E-state index is 0.00313. The number of aromatic amines is 1. The fourth-order valence-electron chi connectivity index (χ4n) is 2.76. The summed E-state index contributed by atoms with van der Waals surface area (Å²) in [5, 5.41) is 20.6. The first kappa shape index (κ1) is 26.5. The van der Waals surface area contributed by atoms with Gasteiger partial charge in [0.25, 0.3) is 5.56 Å². The zero-order valence-corrected chi connectivity index (χ0v) is 20.6. The van der Waals surface area contributed by atoms with Crippen molar-refractivity contribution in [1.29, 1.82) is 5.26 Å². The number of ether oxygens (including phenoxy) is 4. The predicted molar refractivity (Wildman–Crippen MR) is 125 cm³/mol. The topological polar surface area (TPSA) is 171 Å². The Balaban J connectivity index is 1.87. The average Bonchev–Trinajstić information content (AvgIpc) is 2.82. The zero-order valence-electron chi connectivity index (χ0n) is 19.1. The number of nitrogens with zero attached hydrogens (tertiary/aromatic N) is 5. The Hall–Kier alpha value is -4.15. The molecule has 36 heavy (non-hydrogen) atoms. The van der Waals surface area contributed by atoms with E-state index in [1.165, 1.54) is 12.1 Å². The molecule has 15 heteroatoms.